The predicted molar refractivity (Wildman–Crippen MR) is 117 cm³/mol. The van der Waals surface area contributed by atoms with Gasteiger partial charge in [0.25, 0.3) is 0 Å². The van der Waals surface area contributed by atoms with Gasteiger partial charge >= 0.3 is 5.97 Å². The SMILES string of the molecule is COc1ccc2c(c1)CCC(c1ccc(F)cc1)=C2c1ccc(C=CC(=O)O)cc1. The van der Waals surface area contributed by atoms with Crippen LogP contribution in [0.25, 0.3) is 17.2 Å². The van der Waals surface area contributed by atoms with Gasteiger partial charge in [0, 0.05) is 6.08 Å². The van der Waals surface area contributed by atoms with Crippen LogP contribution in [0.4, 0.5) is 4.39 Å². The first-order chi connectivity index (χ1) is 14.5. The van der Waals surface area contributed by atoms with Crippen molar-refractivity contribution in [2.75, 3.05) is 7.11 Å². The Morgan fingerprint density at radius 1 is 0.967 bits per heavy atom. The van der Waals surface area contributed by atoms with Crippen molar-refractivity contribution in [3.05, 3.63) is 106 Å². The molecule has 0 saturated heterocycles. The summed E-state index contributed by atoms with van der Waals surface area (Å²) in [6, 6.07) is 20.5. The third-order valence-corrected chi connectivity index (χ3v) is 5.34. The van der Waals surface area contributed by atoms with Crippen LogP contribution in [-0.2, 0) is 11.2 Å². The lowest BCUT2D eigenvalue weighted by Crippen LogP contribution is -2.06. The number of hydrogen-bond donors (Lipinski definition) is 1. The summed E-state index contributed by atoms with van der Waals surface area (Å²) in [5, 5.41) is 8.83. The molecule has 30 heavy (non-hydrogen) atoms. The highest BCUT2D eigenvalue weighted by Gasteiger charge is 2.22. The van der Waals surface area contributed by atoms with Crippen LogP contribution in [0.15, 0.2) is 72.8 Å². The van der Waals surface area contributed by atoms with Crippen molar-refractivity contribution in [3.8, 4) is 5.75 Å². The Balaban J connectivity index is 1.85. The number of halogens is 1. The van der Waals surface area contributed by atoms with Gasteiger partial charge in [-0.1, -0.05) is 42.5 Å². The second kappa shape index (κ2) is 8.37. The molecule has 0 aromatic heterocycles. The van der Waals surface area contributed by atoms with Crippen molar-refractivity contribution >= 4 is 23.2 Å². The molecule has 150 valence electrons. The molecule has 3 aromatic rings. The summed E-state index contributed by atoms with van der Waals surface area (Å²) in [6.45, 7) is 0. The molecule has 0 saturated carbocycles. The summed E-state index contributed by atoms with van der Waals surface area (Å²) >= 11 is 0. The zero-order chi connectivity index (χ0) is 21.1. The van der Waals surface area contributed by atoms with E-state index in [-0.39, 0.29) is 5.82 Å². The molecule has 0 spiro atoms. The second-order valence-corrected chi connectivity index (χ2v) is 7.18. The summed E-state index contributed by atoms with van der Waals surface area (Å²) in [6.07, 6.45) is 4.41. The fourth-order valence-corrected chi connectivity index (χ4v) is 3.89. The summed E-state index contributed by atoms with van der Waals surface area (Å²) < 4.78 is 18.9. The van der Waals surface area contributed by atoms with Crippen LogP contribution in [0.1, 0.15) is 34.2 Å². The predicted octanol–water partition coefficient (Wildman–Crippen LogP) is 5.84. The molecule has 1 aliphatic rings. The van der Waals surface area contributed by atoms with E-state index < -0.39 is 5.97 Å². The highest BCUT2D eigenvalue weighted by molar-refractivity contribution is 6.01. The maximum absolute atomic E-state index is 13.5. The van der Waals surface area contributed by atoms with Crippen LogP contribution in [0.3, 0.4) is 0 Å². The molecule has 3 aromatic carbocycles. The highest BCUT2D eigenvalue weighted by Crippen LogP contribution is 2.41. The van der Waals surface area contributed by atoms with Crippen LogP contribution < -0.4 is 4.74 Å². The van der Waals surface area contributed by atoms with E-state index in [2.05, 4.69) is 12.1 Å². The van der Waals surface area contributed by atoms with Crippen LogP contribution in [0.2, 0.25) is 0 Å². The van der Waals surface area contributed by atoms with Gasteiger partial charge in [-0.2, -0.15) is 0 Å². The lowest BCUT2D eigenvalue weighted by Gasteiger charge is -2.25. The first-order valence-electron chi connectivity index (χ1n) is 9.73. The number of rotatable bonds is 5. The number of carbonyl (C=O) groups is 1. The number of benzene rings is 3. The topological polar surface area (TPSA) is 46.5 Å². The third kappa shape index (κ3) is 4.03. The number of carboxylic acid groups (broad SMARTS) is 1. The number of allylic oxidation sites excluding steroid dienone is 1. The normalized spacial score (nSPS) is 13.4. The maximum Gasteiger partial charge on any atom is 0.328 e. The molecule has 0 radical (unpaired) electrons. The average Bonchev–Trinajstić information content (AvgIpc) is 2.77. The van der Waals surface area contributed by atoms with Crippen LogP contribution in [0, 0.1) is 5.82 Å². The second-order valence-electron chi connectivity index (χ2n) is 7.18. The molecule has 0 bridgehead atoms. The molecule has 3 nitrogen and oxygen atoms in total. The van der Waals surface area contributed by atoms with Crippen molar-refractivity contribution in [2.24, 2.45) is 0 Å². The van der Waals surface area contributed by atoms with Crippen LogP contribution in [-0.4, -0.2) is 18.2 Å². The number of aryl methyl sites for hydroxylation is 1. The highest BCUT2D eigenvalue weighted by atomic mass is 19.1. The first kappa shape index (κ1) is 19.6. The molecular formula is C26H21FO3. The Labute approximate surface area is 174 Å². The minimum absolute atomic E-state index is 0.253. The Bertz CT molecular complexity index is 1140. The van der Waals surface area contributed by atoms with E-state index >= 15 is 0 Å². The van der Waals surface area contributed by atoms with Crippen LogP contribution >= 0.6 is 0 Å². The number of ether oxygens (including phenoxy) is 1. The number of hydrogen-bond acceptors (Lipinski definition) is 2. The van der Waals surface area contributed by atoms with Crippen molar-refractivity contribution in [3.63, 3.8) is 0 Å². The number of aliphatic carboxylic acids is 1. The summed E-state index contributed by atoms with van der Waals surface area (Å²) in [5.74, 6) is -0.403. The summed E-state index contributed by atoms with van der Waals surface area (Å²) in [5.41, 5.74) is 7.48. The fraction of sp³-hybridized carbons (Fsp3) is 0.115. The number of carboxylic acids is 1. The molecule has 1 aliphatic carbocycles. The van der Waals surface area contributed by atoms with Gasteiger partial charge in [-0.25, -0.2) is 9.18 Å². The largest absolute Gasteiger partial charge is 0.497 e. The van der Waals surface area contributed by atoms with Crippen LogP contribution in [0.5, 0.6) is 5.75 Å². The Morgan fingerprint density at radius 3 is 2.33 bits per heavy atom. The molecule has 4 rings (SSSR count). The van der Waals surface area contributed by atoms with Crippen molar-refractivity contribution in [1.29, 1.82) is 0 Å². The summed E-state index contributed by atoms with van der Waals surface area (Å²) in [4.78, 5) is 10.8. The Hall–Kier alpha value is -3.66. The minimum Gasteiger partial charge on any atom is -0.497 e. The van der Waals surface area contributed by atoms with E-state index in [1.165, 1.54) is 23.3 Å². The molecule has 0 aliphatic heterocycles. The molecule has 0 atom stereocenters. The smallest absolute Gasteiger partial charge is 0.328 e. The molecule has 1 N–H and O–H groups in total. The van der Waals surface area contributed by atoms with E-state index in [0.717, 1.165) is 52.5 Å². The van der Waals surface area contributed by atoms with E-state index in [1.807, 2.05) is 42.5 Å². The van der Waals surface area contributed by atoms with Gasteiger partial charge in [-0.05, 0) is 82.1 Å². The van der Waals surface area contributed by atoms with Gasteiger partial charge < -0.3 is 9.84 Å². The van der Waals surface area contributed by atoms with Gasteiger partial charge in [0.2, 0.25) is 0 Å². The molecule has 0 unspecified atom stereocenters. The standard InChI is InChI=1S/C26H21FO3/c1-30-22-12-14-24-20(16-22)9-13-23(18-7-10-21(27)11-8-18)26(24)19-5-2-17(3-6-19)4-15-25(28)29/h2-8,10-12,14-16H,9,13H2,1H3,(H,28,29). The monoisotopic (exact) mass is 400 g/mol. The lowest BCUT2D eigenvalue weighted by molar-refractivity contribution is -0.131. The van der Waals surface area contributed by atoms with Crippen molar-refractivity contribution in [2.45, 2.75) is 12.8 Å². The number of fused-ring (bicyclic) bond motifs is 1. The Kier molecular flexibility index (Phi) is 5.48. The Morgan fingerprint density at radius 2 is 1.67 bits per heavy atom. The van der Waals surface area contributed by atoms with Gasteiger partial charge in [0.1, 0.15) is 11.6 Å². The minimum atomic E-state index is -0.976. The fourth-order valence-electron chi connectivity index (χ4n) is 3.89. The zero-order valence-electron chi connectivity index (χ0n) is 16.6. The summed E-state index contributed by atoms with van der Waals surface area (Å²) in [7, 11) is 1.66. The van der Waals surface area contributed by atoms with Gasteiger partial charge in [-0.3, -0.25) is 0 Å². The van der Waals surface area contributed by atoms with Gasteiger partial charge in [0.15, 0.2) is 0 Å². The van der Waals surface area contributed by atoms with E-state index in [9.17, 15) is 9.18 Å². The zero-order valence-corrected chi connectivity index (χ0v) is 16.6. The first-order valence-corrected chi connectivity index (χ1v) is 9.73. The van der Waals surface area contributed by atoms with Crippen molar-refractivity contribution in [1.82, 2.24) is 0 Å². The third-order valence-electron chi connectivity index (χ3n) is 5.34. The molecule has 0 heterocycles. The molecular weight excluding hydrogens is 379 g/mol. The maximum atomic E-state index is 13.5. The van der Waals surface area contributed by atoms with E-state index in [4.69, 9.17) is 9.84 Å². The average molecular weight is 400 g/mol. The van der Waals surface area contributed by atoms with Gasteiger partial charge in [0.05, 0.1) is 7.11 Å². The molecule has 4 heteroatoms. The van der Waals surface area contributed by atoms with E-state index in [0.29, 0.717) is 0 Å². The van der Waals surface area contributed by atoms with Gasteiger partial charge in [-0.15, -0.1) is 0 Å². The van der Waals surface area contributed by atoms with E-state index in [1.54, 1.807) is 13.2 Å². The number of methoxy groups -OCH3 is 1. The van der Waals surface area contributed by atoms with Crippen molar-refractivity contribution < 1.29 is 19.0 Å². The quantitative estimate of drug-likeness (QED) is 0.548. The molecule has 0 amide bonds. The molecule has 0 fully saturated rings. The lowest BCUT2D eigenvalue weighted by atomic mass is 9.79.